The van der Waals surface area contributed by atoms with E-state index in [1.165, 1.54) is 24.9 Å². The third kappa shape index (κ3) is 2.86. The van der Waals surface area contributed by atoms with Gasteiger partial charge in [0, 0.05) is 23.1 Å². The first-order valence-electron chi connectivity index (χ1n) is 6.50. The molecule has 1 aromatic rings. The van der Waals surface area contributed by atoms with Crippen LogP contribution >= 0.6 is 15.9 Å². The Kier molecular flexibility index (Phi) is 4.27. The van der Waals surface area contributed by atoms with E-state index < -0.39 is 0 Å². The Bertz CT molecular complexity index is 445. The van der Waals surface area contributed by atoms with Crippen LogP contribution in [0.25, 0.3) is 0 Å². The van der Waals surface area contributed by atoms with Crippen molar-refractivity contribution in [2.45, 2.75) is 26.2 Å². The fourth-order valence-electron chi connectivity index (χ4n) is 2.55. The number of nitrogens with one attached hydrogen (secondary N) is 1. The van der Waals surface area contributed by atoms with Crippen molar-refractivity contribution in [1.82, 2.24) is 0 Å². The van der Waals surface area contributed by atoms with Crippen molar-refractivity contribution in [2.75, 3.05) is 18.0 Å². The summed E-state index contributed by atoms with van der Waals surface area (Å²) in [6.45, 7) is 4.52. The molecule has 0 spiro atoms. The Balaban J connectivity index is 2.20. The highest BCUT2D eigenvalue weighted by molar-refractivity contribution is 9.10. The van der Waals surface area contributed by atoms with E-state index in [2.05, 4.69) is 33.8 Å². The quantitative estimate of drug-likeness (QED) is 0.664. The third-order valence-electron chi connectivity index (χ3n) is 3.70. The number of nitrogens with zero attached hydrogens (tertiary/aromatic N) is 1. The Labute approximate surface area is 117 Å². The Morgan fingerprint density at radius 2 is 2.33 bits per heavy atom. The normalized spacial score (nSPS) is 19.9. The maximum atomic E-state index is 7.45. The summed E-state index contributed by atoms with van der Waals surface area (Å²) in [5, 5.41) is 7.45. The van der Waals surface area contributed by atoms with Crippen molar-refractivity contribution >= 4 is 27.5 Å². The topological polar surface area (TPSA) is 53.1 Å². The van der Waals surface area contributed by atoms with E-state index in [1.807, 2.05) is 12.1 Å². The van der Waals surface area contributed by atoms with Gasteiger partial charge in [-0.05, 0) is 52.9 Å². The highest BCUT2D eigenvalue weighted by Crippen LogP contribution is 2.31. The van der Waals surface area contributed by atoms with Gasteiger partial charge in [-0.25, -0.2) is 0 Å². The monoisotopic (exact) mass is 309 g/mol. The average Bonchev–Trinajstić information content (AvgIpc) is 2.38. The summed E-state index contributed by atoms with van der Waals surface area (Å²) in [5.74, 6) is 0.922. The standard InChI is InChI=1S/C14H20BrN3/c1-2-10-4-3-7-18(9-10)13-6-5-11(14(16)17)8-12(13)15/h5-6,8,10H,2-4,7,9H2,1H3,(H3,16,17). The first-order valence-corrected chi connectivity index (χ1v) is 7.30. The van der Waals surface area contributed by atoms with E-state index in [0.717, 1.165) is 29.0 Å². The molecule has 3 nitrogen and oxygen atoms in total. The average molecular weight is 310 g/mol. The highest BCUT2D eigenvalue weighted by atomic mass is 79.9. The summed E-state index contributed by atoms with van der Waals surface area (Å²) in [5.41, 5.74) is 7.50. The Morgan fingerprint density at radius 3 is 2.94 bits per heavy atom. The van der Waals surface area contributed by atoms with Gasteiger partial charge in [-0.2, -0.15) is 0 Å². The first kappa shape index (κ1) is 13.4. The van der Waals surface area contributed by atoms with Crippen LogP contribution in [-0.4, -0.2) is 18.9 Å². The molecule has 0 aromatic heterocycles. The SMILES string of the molecule is CCC1CCCN(c2ccc(C(=N)N)cc2Br)C1. The second-order valence-corrected chi connectivity index (χ2v) is 5.80. The van der Waals surface area contributed by atoms with E-state index in [1.54, 1.807) is 0 Å². The number of nitrogens with two attached hydrogens (primary N) is 1. The minimum Gasteiger partial charge on any atom is -0.384 e. The summed E-state index contributed by atoms with van der Waals surface area (Å²) in [6.07, 6.45) is 3.86. The summed E-state index contributed by atoms with van der Waals surface area (Å²) < 4.78 is 1.03. The van der Waals surface area contributed by atoms with Crippen LogP contribution in [0, 0.1) is 11.3 Å². The molecule has 1 fully saturated rings. The molecule has 2 rings (SSSR count). The van der Waals surface area contributed by atoms with Crippen LogP contribution in [0.1, 0.15) is 31.7 Å². The van der Waals surface area contributed by atoms with Gasteiger partial charge in [-0.1, -0.05) is 13.3 Å². The first-order chi connectivity index (χ1) is 8.61. The van der Waals surface area contributed by atoms with Crippen LogP contribution in [0.3, 0.4) is 0 Å². The number of amidine groups is 1. The molecule has 98 valence electrons. The molecule has 1 unspecified atom stereocenters. The van der Waals surface area contributed by atoms with E-state index in [4.69, 9.17) is 11.1 Å². The Morgan fingerprint density at radius 1 is 1.56 bits per heavy atom. The lowest BCUT2D eigenvalue weighted by atomic mass is 9.95. The van der Waals surface area contributed by atoms with Gasteiger partial charge < -0.3 is 10.6 Å². The summed E-state index contributed by atoms with van der Waals surface area (Å²) in [4.78, 5) is 2.44. The molecule has 1 heterocycles. The number of rotatable bonds is 3. The minimum atomic E-state index is 0.118. The number of hydrogen-bond acceptors (Lipinski definition) is 2. The predicted molar refractivity (Wildman–Crippen MR) is 80.4 cm³/mol. The zero-order chi connectivity index (χ0) is 13.1. The molecule has 0 bridgehead atoms. The molecule has 1 aliphatic heterocycles. The molecule has 3 N–H and O–H groups in total. The van der Waals surface area contributed by atoms with Crippen molar-refractivity contribution in [3.8, 4) is 0 Å². The zero-order valence-electron chi connectivity index (χ0n) is 10.7. The lowest BCUT2D eigenvalue weighted by molar-refractivity contribution is 0.404. The molecule has 4 heteroatoms. The summed E-state index contributed by atoms with van der Waals surface area (Å²) in [6, 6.07) is 5.93. The molecular weight excluding hydrogens is 290 g/mol. The fraction of sp³-hybridized carbons (Fsp3) is 0.500. The predicted octanol–water partition coefficient (Wildman–Crippen LogP) is 3.36. The van der Waals surface area contributed by atoms with Crippen molar-refractivity contribution in [1.29, 1.82) is 5.41 Å². The number of anilines is 1. The Hall–Kier alpha value is -1.03. The van der Waals surface area contributed by atoms with Crippen LogP contribution in [0.15, 0.2) is 22.7 Å². The highest BCUT2D eigenvalue weighted by Gasteiger charge is 2.20. The minimum absolute atomic E-state index is 0.118. The summed E-state index contributed by atoms with van der Waals surface area (Å²) in [7, 11) is 0. The maximum absolute atomic E-state index is 7.45. The van der Waals surface area contributed by atoms with E-state index in [0.29, 0.717) is 0 Å². The van der Waals surface area contributed by atoms with Crippen LogP contribution in [0.4, 0.5) is 5.69 Å². The van der Waals surface area contributed by atoms with E-state index in [9.17, 15) is 0 Å². The molecule has 1 aromatic carbocycles. The lowest BCUT2D eigenvalue weighted by Crippen LogP contribution is -2.35. The molecule has 0 aliphatic carbocycles. The molecule has 0 saturated carbocycles. The smallest absolute Gasteiger partial charge is 0.122 e. The van der Waals surface area contributed by atoms with Gasteiger partial charge in [0.1, 0.15) is 5.84 Å². The molecule has 0 amide bonds. The van der Waals surface area contributed by atoms with Gasteiger partial charge in [-0.15, -0.1) is 0 Å². The molecule has 0 radical (unpaired) electrons. The fourth-order valence-corrected chi connectivity index (χ4v) is 3.18. The van der Waals surface area contributed by atoms with Crippen LogP contribution in [0.5, 0.6) is 0 Å². The van der Waals surface area contributed by atoms with Crippen LogP contribution in [0.2, 0.25) is 0 Å². The van der Waals surface area contributed by atoms with Crippen LogP contribution in [-0.2, 0) is 0 Å². The second-order valence-electron chi connectivity index (χ2n) is 4.94. The third-order valence-corrected chi connectivity index (χ3v) is 4.33. The number of piperidine rings is 1. The molecular formula is C14H20BrN3. The van der Waals surface area contributed by atoms with Gasteiger partial charge >= 0.3 is 0 Å². The second kappa shape index (κ2) is 5.74. The summed E-state index contributed by atoms with van der Waals surface area (Å²) >= 11 is 3.60. The number of nitrogen functional groups attached to an aromatic ring is 1. The number of hydrogen-bond donors (Lipinski definition) is 2. The van der Waals surface area contributed by atoms with Crippen molar-refractivity contribution in [2.24, 2.45) is 11.7 Å². The van der Waals surface area contributed by atoms with Crippen LogP contribution < -0.4 is 10.6 Å². The largest absolute Gasteiger partial charge is 0.384 e. The number of benzene rings is 1. The maximum Gasteiger partial charge on any atom is 0.122 e. The van der Waals surface area contributed by atoms with E-state index in [-0.39, 0.29) is 5.84 Å². The van der Waals surface area contributed by atoms with E-state index >= 15 is 0 Å². The van der Waals surface area contributed by atoms with Crippen molar-refractivity contribution in [3.63, 3.8) is 0 Å². The van der Waals surface area contributed by atoms with Crippen molar-refractivity contribution in [3.05, 3.63) is 28.2 Å². The van der Waals surface area contributed by atoms with Crippen molar-refractivity contribution < 1.29 is 0 Å². The lowest BCUT2D eigenvalue weighted by Gasteiger charge is -2.34. The van der Waals surface area contributed by atoms with Gasteiger partial charge in [0.15, 0.2) is 0 Å². The van der Waals surface area contributed by atoms with Gasteiger partial charge in [0.2, 0.25) is 0 Å². The molecule has 1 atom stereocenters. The van der Waals surface area contributed by atoms with Gasteiger partial charge in [0.05, 0.1) is 5.69 Å². The number of halogens is 1. The molecule has 1 saturated heterocycles. The zero-order valence-corrected chi connectivity index (χ0v) is 12.3. The van der Waals surface area contributed by atoms with Gasteiger partial charge in [0.25, 0.3) is 0 Å². The molecule has 18 heavy (non-hydrogen) atoms. The van der Waals surface area contributed by atoms with Gasteiger partial charge in [-0.3, -0.25) is 5.41 Å². The molecule has 1 aliphatic rings.